The van der Waals surface area contributed by atoms with Gasteiger partial charge in [0.2, 0.25) is 11.7 Å². The fourth-order valence-corrected chi connectivity index (χ4v) is 2.72. The van der Waals surface area contributed by atoms with Gasteiger partial charge >= 0.3 is 0 Å². The predicted octanol–water partition coefficient (Wildman–Crippen LogP) is 4.40. The van der Waals surface area contributed by atoms with Gasteiger partial charge in [-0.3, -0.25) is 15.6 Å². The number of thioether (sulfide) groups is 1. The molecule has 25 heavy (non-hydrogen) atoms. The molecule has 0 aromatic heterocycles. The molecule has 1 amide bonds. The standard InChI is InChI=1S/C16H13F5N2OS/c17-11-12(18)14(20)16(15(21)13(11)19)23-22-10(24)7-4-8-25-9-5-2-1-3-6-9/h1-3,5-6,23H,4,7-8H2,(H,22,24). The maximum Gasteiger partial charge on any atom is 0.238 e. The lowest BCUT2D eigenvalue weighted by Crippen LogP contribution is -2.30. The van der Waals surface area contributed by atoms with E-state index in [1.54, 1.807) is 5.43 Å². The van der Waals surface area contributed by atoms with E-state index in [9.17, 15) is 26.7 Å². The van der Waals surface area contributed by atoms with Gasteiger partial charge in [-0.05, 0) is 24.3 Å². The Morgan fingerprint density at radius 2 is 1.44 bits per heavy atom. The van der Waals surface area contributed by atoms with Gasteiger partial charge in [0, 0.05) is 11.3 Å². The molecule has 2 rings (SSSR count). The Hall–Kier alpha value is -2.29. The minimum atomic E-state index is -2.26. The first-order valence-corrected chi connectivity index (χ1v) is 8.14. The smallest absolute Gasteiger partial charge is 0.238 e. The van der Waals surface area contributed by atoms with Crippen molar-refractivity contribution in [3.8, 4) is 0 Å². The zero-order valence-corrected chi connectivity index (χ0v) is 13.5. The maximum absolute atomic E-state index is 13.4. The van der Waals surface area contributed by atoms with E-state index in [0.29, 0.717) is 12.2 Å². The van der Waals surface area contributed by atoms with E-state index in [4.69, 9.17) is 0 Å². The van der Waals surface area contributed by atoms with E-state index in [1.807, 2.05) is 35.8 Å². The van der Waals surface area contributed by atoms with E-state index in [0.717, 1.165) is 4.90 Å². The second-order valence-corrected chi connectivity index (χ2v) is 6.05. The normalized spacial score (nSPS) is 10.6. The van der Waals surface area contributed by atoms with Crippen LogP contribution >= 0.6 is 11.8 Å². The Labute approximate surface area is 144 Å². The van der Waals surface area contributed by atoms with Gasteiger partial charge in [0.05, 0.1) is 0 Å². The Morgan fingerprint density at radius 1 is 0.880 bits per heavy atom. The summed E-state index contributed by atoms with van der Waals surface area (Å²) in [7, 11) is 0. The number of anilines is 1. The van der Waals surface area contributed by atoms with Crippen LogP contribution in [0.25, 0.3) is 0 Å². The maximum atomic E-state index is 13.4. The van der Waals surface area contributed by atoms with Gasteiger partial charge in [-0.25, -0.2) is 22.0 Å². The number of hydrazine groups is 1. The van der Waals surface area contributed by atoms with Gasteiger partial charge in [0.15, 0.2) is 23.3 Å². The number of nitrogens with one attached hydrogen (secondary N) is 2. The lowest BCUT2D eigenvalue weighted by molar-refractivity contribution is -0.120. The second kappa shape index (κ2) is 8.70. The predicted molar refractivity (Wildman–Crippen MR) is 84.4 cm³/mol. The summed E-state index contributed by atoms with van der Waals surface area (Å²) in [5.41, 5.74) is 2.36. The summed E-state index contributed by atoms with van der Waals surface area (Å²) in [5.74, 6) is -10.5. The largest absolute Gasteiger partial charge is 0.293 e. The zero-order chi connectivity index (χ0) is 18.4. The van der Waals surface area contributed by atoms with Crippen LogP contribution in [0.2, 0.25) is 0 Å². The summed E-state index contributed by atoms with van der Waals surface area (Å²) < 4.78 is 65.8. The van der Waals surface area contributed by atoms with Crippen molar-refractivity contribution in [1.82, 2.24) is 5.43 Å². The summed E-state index contributed by atoms with van der Waals surface area (Å²) in [6.45, 7) is 0. The Bertz CT molecular complexity index is 729. The monoisotopic (exact) mass is 376 g/mol. The fraction of sp³-hybridized carbons (Fsp3) is 0.188. The second-order valence-electron chi connectivity index (χ2n) is 4.88. The summed E-state index contributed by atoms with van der Waals surface area (Å²) in [6, 6.07) is 9.46. The van der Waals surface area contributed by atoms with Gasteiger partial charge in [-0.2, -0.15) is 0 Å². The molecule has 0 atom stereocenters. The molecule has 3 nitrogen and oxygen atoms in total. The molecule has 0 unspecified atom stereocenters. The lowest BCUT2D eigenvalue weighted by Gasteiger charge is -2.11. The number of carbonyl (C=O) groups is 1. The number of hydrogen-bond acceptors (Lipinski definition) is 3. The fourth-order valence-electron chi connectivity index (χ4n) is 1.85. The molecule has 0 saturated heterocycles. The summed E-state index contributed by atoms with van der Waals surface area (Å²) in [4.78, 5) is 12.6. The summed E-state index contributed by atoms with van der Waals surface area (Å²) in [6.07, 6.45) is 0.479. The van der Waals surface area contributed by atoms with E-state index in [2.05, 4.69) is 0 Å². The molecule has 0 saturated carbocycles. The average molecular weight is 376 g/mol. The molecule has 134 valence electrons. The molecule has 0 bridgehead atoms. The molecule has 9 heteroatoms. The molecule has 0 fully saturated rings. The van der Waals surface area contributed by atoms with Crippen molar-refractivity contribution in [3.63, 3.8) is 0 Å². The average Bonchev–Trinajstić information content (AvgIpc) is 2.63. The van der Waals surface area contributed by atoms with Crippen molar-refractivity contribution < 1.29 is 26.7 Å². The van der Waals surface area contributed by atoms with Crippen LogP contribution in [0, 0.1) is 29.1 Å². The highest BCUT2D eigenvalue weighted by Crippen LogP contribution is 2.26. The highest BCUT2D eigenvalue weighted by molar-refractivity contribution is 7.99. The van der Waals surface area contributed by atoms with Gasteiger partial charge in [0.25, 0.3) is 0 Å². The molecule has 0 aliphatic rings. The van der Waals surface area contributed by atoms with Crippen LogP contribution in [-0.2, 0) is 4.79 Å². The molecule has 2 aromatic carbocycles. The molecule has 0 heterocycles. The minimum absolute atomic E-state index is 0.0161. The lowest BCUT2D eigenvalue weighted by atomic mass is 10.2. The number of benzene rings is 2. The number of rotatable bonds is 7. The van der Waals surface area contributed by atoms with E-state index in [1.165, 1.54) is 11.8 Å². The number of halogens is 5. The van der Waals surface area contributed by atoms with Crippen molar-refractivity contribution >= 4 is 23.4 Å². The summed E-state index contributed by atoms with van der Waals surface area (Å²) >= 11 is 1.53. The molecule has 0 spiro atoms. The van der Waals surface area contributed by atoms with Crippen molar-refractivity contribution in [2.45, 2.75) is 17.7 Å². The van der Waals surface area contributed by atoms with Crippen LogP contribution in [0.1, 0.15) is 12.8 Å². The van der Waals surface area contributed by atoms with Crippen LogP contribution in [0.15, 0.2) is 35.2 Å². The highest BCUT2D eigenvalue weighted by Gasteiger charge is 2.25. The minimum Gasteiger partial charge on any atom is -0.293 e. The number of carbonyl (C=O) groups excluding carboxylic acids is 1. The molecule has 0 aliphatic carbocycles. The molecule has 0 radical (unpaired) electrons. The van der Waals surface area contributed by atoms with Crippen LogP contribution < -0.4 is 10.9 Å². The molecule has 2 N–H and O–H groups in total. The number of amides is 1. The summed E-state index contributed by atoms with van der Waals surface area (Å²) in [5, 5.41) is 0. The van der Waals surface area contributed by atoms with Crippen LogP contribution in [0.4, 0.5) is 27.6 Å². The highest BCUT2D eigenvalue weighted by atomic mass is 32.2. The SMILES string of the molecule is O=C(CCCSc1ccccc1)NNc1c(F)c(F)c(F)c(F)c1F. The third kappa shape index (κ3) is 4.85. The van der Waals surface area contributed by atoms with Crippen LogP contribution in [0.5, 0.6) is 0 Å². The Kier molecular flexibility index (Phi) is 6.63. The van der Waals surface area contributed by atoms with Crippen LogP contribution in [0.3, 0.4) is 0 Å². The third-order valence-electron chi connectivity index (χ3n) is 3.10. The molecule has 0 aliphatic heterocycles. The quantitative estimate of drug-likeness (QED) is 0.188. The van der Waals surface area contributed by atoms with E-state index in [-0.39, 0.29) is 6.42 Å². The third-order valence-corrected chi connectivity index (χ3v) is 4.20. The Balaban J connectivity index is 1.82. The molecule has 2 aromatic rings. The number of hydrogen-bond donors (Lipinski definition) is 2. The van der Waals surface area contributed by atoms with Crippen molar-refractivity contribution in [3.05, 3.63) is 59.4 Å². The first-order chi connectivity index (χ1) is 11.9. The first-order valence-electron chi connectivity index (χ1n) is 7.16. The Morgan fingerprint density at radius 3 is 2.04 bits per heavy atom. The van der Waals surface area contributed by atoms with E-state index >= 15 is 0 Å². The van der Waals surface area contributed by atoms with Gasteiger partial charge in [0.1, 0.15) is 5.69 Å². The van der Waals surface area contributed by atoms with E-state index < -0.39 is 40.7 Å². The molecular weight excluding hydrogens is 363 g/mol. The van der Waals surface area contributed by atoms with Gasteiger partial charge in [-0.1, -0.05) is 18.2 Å². The van der Waals surface area contributed by atoms with Gasteiger partial charge in [-0.15, -0.1) is 11.8 Å². The van der Waals surface area contributed by atoms with Gasteiger partial charge < -0.3 is 0 Å². The molecular formula is C16H13F5N2OS. The first kappa shape index (κ1) is 19.0. The van der Waals surface area contributed by atoms with Crippen LogP contribution in [-0.4, -0.2) is 11.7 Å². The van der Waals surface area contributed by atoms with Crippen molar-refractivity contribution in [2.75, 3.05) is 11.2 Å². The van der Waals surface area contributed by atoms with Crippen molar-refractivity contribution in [1.29, 1.82) is 0 Å². The van der Waals surface area contributed by atoms with Crippen molar-refractivity contribution in [2.24, 2.45) is 0 Å². The zero-order valence-electron chi connectivity index (χ0n) is 12.7. The topological polar surface area (TPSA) is 41.1 Å².